The molecule has 1 N–H and O–H groups in total. The first-order valence-electron chi connectivity index (χ1n) is 10.4. The van der Waals surface area contributed by atoms with Crippen molar-refractivity contribution in [3.8, 4) is 11.5 Å². The molecule has 33 heavy (non-hydrogen) atoms. The number of hydrogen-bond acceptors (Lipinski definition) is 7. The van der Waals surface area contributed by atoms with Gasteiger partial charge in [0.25, 0.3) is 5.91 Å². The van der Waals surface area contributed by atoms with Gasteiger partial charge in [-0.1, -0.05) is 30.3 Å². The predicted molar refractivity (Wildman–Crippen MR) is 124 cm³/mol. The van der Waals surface area contributed by atoms with Crippen molar-refractivity contribution in [1.29, 1.82) is 0 Å². The summed E-state index contributed by atoms with van der Waals surface area (Å²) in [5.41, 5.74) is 2.50. The van der Waals surface area contributed by atoms with E-state index in [4.69, 9.17) is 14.2 Å². The molecule has 0 bridgehead atoms. The lowest BCUT2D eigenvalue weighted by atomic mass is 10.2. The second-order valence-corrected chi connectivity index (χ2v) is 8.57. The monoisotopic (exact) mass is 463 g/mol. The maximum atomic E-state index is 12.6. The highest BCUT2D eigenvalue weighted by atomic mass is 32.1. The Hall–Kier alpha value is -3.85. The van der Waals surface area contributed by atoms with Crippen molar-refractivity contribution in [2.45, 2.75) is 13.5 Å². The third kappa shape index (κ3) is 4.54. The maximum Gasteiger partial charge on any atom is 0.348 e. The number of aromatic nitrogens is 2. The number of nitrogens with one attached hydrogen (secondary N) is 1. The van der Waals surface area contributed by atoms with Crippen molar-refractivity contribution >= 4 is 39.1 Å². The molecule has 4 aromatic rings. The Morgan fingerprint density at radius 2 is 1.88 bits per heavy atom. The highest BCUT2D eigenvalue weighted by Gasteiger charge is 2.19. The number of rotatable bonds is 6. The molecule has 1 amide bonds. The number of nitrogens with zero attached hydrogens (tertiary/aromatic N) is 2. The molecule has 5 rings (SSSR count). The molecule has 3 heterocycles. The van der Waals surface area contributed by atoms with E-state index in [1.54, 1.807) is 24.3 Å². The van der Waals surface area contributed by atoms with Crippen molar-refractivity contribution in [2.24, 2.45) is 0 Å². The summed E-state index contributed by atoms with van der Waals surface area (Å²) in [6.07, 6.45) is 0. The summed E-state index contributed by atoms with van der Waals surface area (Å²) < 4.78 is 18.1. The van der Waals surface area contributed by atoms with E-state index in [1.165, 1.54) is 11.3 Å². The van der Waals surface area contributed by atoms with E-state index in [0.717, 1.165) is 21.5 Å². The first-order chi connectivity index (χ1) is 16.1. The summed E-state index contributed by atoms with van der Waals surface area (Å²) in [6.45, 7) is 3.08. The molecular weight excluding hydrogens is 442 g/mol. The van der Waals surface area contributed by atoms with Crippen LogP contribution in [-0.4, -0.2) is 41.5 Å². The van der Waals surface area contributed by atoms with Gasteiger partial charge in [0.2, 0.25) is 0 Å². The van der Waals surface area contributed by atoms with E-state index >= 15 is 0 Å². The highest BCUT2D eigenvalue weighted by Crippen LogP contribution is 2.32. The van der Waals surface area contributed by atoms with E-state index in [1.807, 2.05) is 41.9 Å². The number of amides is 1. The fraction of sp³-hybridized carbons (Fsp3) is 0.208. The molecule has 2 aromatic heterocycles. The lowest BCUT2D eigenvalue weighted by Crippen LogP contribution is -2.21. The minimum atomic E-state index is -0.542. The van der Waals surface area contributed by atoms with Crippen LogP contribution in [0.5, 0.6) is 11.5 Å². The third-order valence-electron chi connectivity index (χ3n) is 5.14. The van der Waals surface area contributed by atoms with E-state index in [2.05, 4.69) is 10.4 Å². The van der Waals surface area contributed by atoms with Crippen LogP contribution in [0, 0.1) is 6.92 Å². The Morgan fingerprint density at radius 1 is 1.09 bits per heavy atom. The van der Waals surface area contributed by atoms with Crippen LogP contribution in [0.15, 0.2) is 54.6 Å². The highest BCUT2D eigenvalue weighted by molar-refractivity contribution is 7.20. The molecule has 0 saturated heterocycles. The van der Waals surface area contributed by atoms with Gasteiger partial charge in [0.05, 0.1) is 12.2 Å². The van der Waals surface area contributed by atoms with Gasteiger partial charge >= 0.3 is 5.97 Å². The topological polar surface area (TPSA) is 91.7 Å². The molecule has 0 aliphatic carbocycles. The molecule has 0 spiro atoms. The van der Waals surface area contributed by atoms with Crippen molar-refractivity contribution in [1.82, 2.24) is 9.78 Å². The largest absolute Gasteiger partial charge is 0.486 e. The normalized spacial score (nSPS) is 12.5. The van der Waals surface area contributed by atoms with Crippen LogP contribution in [0.1, 0.15) is 20.9 Å². The Balaban J connectivity index is 1.23. The number of thiophene rings is 1. The van der Waals surface area contributed by atoms with Crippen LogP contribution in [0.3, 0.4) is 0 Å². The summed E-state index contributed by atoms with van der Waals surface area (Å²) in [4.78, 5) is 26.2. The van der Waals surface area contributed by atoms with Gasteiger partial charge in [-0.2, -0.15) is 5.10 Å². The van der Waals surface area contributed by atoms with Crippen LogP contribution >= 0.6 is 11.3 Å². The molecule has 168 valence electrons. The number of carbonyl (C=O) groups excluding carboxylic acids is 2. The van der Waals surface area contributed by atoms with Crippen LogP contribution in [0.25, 0.3) is 10.2 Å². The summed E-state index contributed by atoms with van der Waals surface area (Å²) in [5, 5.41) is 8.20. The lowest BCUT2D eigenvalue weighted by molar-refractivity contribution is -0.119. The number of benzene rings is 2. The molecule has 0 atom stereocenters. The van der Waals surface area contributed by atoms with Gasteiger partial charge < -0.3 is 19.5 Å². The van der Waals surface area contributed by atoms with Gasteiger partial charge in [0.1, 0.15) is 22.9 Å². The van der Waals surface area contributed by atoms with Gasteiger partial charge in [0.15, 0.2) is 18.1 Å². The number of anilines is 1. The second kappa shape index (κ2) is 8.95. The first-order valence-corrected chi connectivity index (χ1v) is 11.3. The Morgan fingerprint density at radius 3 is 2.70 bits per heavy atom. The van der Waals surface area contributed by atoms with E-state index in [0.29, 0.717) is 41.8 Å². The lowest BCUT2D eigenvalue weighted by Gasteiger charge is -2.18. The van der Waals surface area contributed by atoms with Crippen molar-refractivity contribution in [3.63, 3.8) is 0 Å². The minimum Gasteiger partial charge on any atom is -0.486 e. The Kier molecular flexibility index (Phi) is 5.70. The molecule has 1 aliphatic heterocycles. The van der Waals surface area contributed by atoms with Crippen molar-refractivity contribution < 1.29 is 23.8 Å². The fourth-order valence-electron chi connectivity index (χ4n) is 3.60. The summed E-state index contributed by atoms with van der Waals surface area (Å²) in [5.74, 6) is 0.226. The van der Waals surface area contributed by atoms with Gasteiger partial charge in [-0.05, 0) is 30.7 Å². The van der Waals surface area contributed by atoms with Crippen LogP contribution in [0.4, 0.5) is 5.69 Å². The van der Waals surface area contributed by atoms with E-state index < -0.39 is 18.5 Å². The van der Waals surface area contributed by atoms with Gasteiger partial charge in [-0.3, -0.25) is 9.48 Å². The molecular formula is C24H21N3O5S. The van der Waals surface area contributed by atoms with Crippen LogP contribution in [-0.2, 0) is 16.1 Å². The average molecular weight is 464 g/mol. The van der Waals surface area contributed by atoms with Gasteiger partial charge in [0, 0.05) is 17.1 Å². The fourth-order valence-corrected chi connectivity index (χ4v) is 4.65. The molecule has 0 saturated carbocycles. The number of fused-ring (bicyclic) bond motifs is 2. The summed E-state index contributed by atoms with van der Waals surface area (Å²) >= 11 is 1.31. The van der Waals surface area contributed by atoms with E-state index in [9.17, 15) is 9.59 Å². The standard InChI is InChI=1S/C24H21N3O5S/c1-15-18-12-21(33-23(18)27(26-15)13-16-5-3-2-4-6-16)24(29)32-14-22(28)25-17-7-8-19-20(11-17)31-10-9-30-19/h2-8,11-12H,9-10,13-14H2,1H3,(H,25,28). The summed E-state index contributed by atoms with van der Waals surface area (Å²) in [6, 6.07) is 16.9. The number of hydrogen-bond donors (Lipinski definition) is 1. The smallest absolute Gasteiger partial charge is 0.348 e. The average Bonchev–Trinajstić information content (AvgIpc) is 3.39. The molecule has 0 radical (unpaired) electrons. The molecule has 2 aromatic carbocycles. The molecule has 1 aliphatic rings. The van der Waals surface area contributed by atoms with Gasteiger partial charge in [-0.15, -0.1) is 11.3 Å². The summed E-state index contributed by atoms with van der Waals surface area (Å²) in [7, 11) is 0. The quantitative estimate of drug-likeness (QED) is 0.434. The molecule has 0 fully saturated rings. The zero-order valence-electron chi connectivity index (χ0n) is 17.9. The Bertz CT molecular complexity index is 1330. The number of carbonyl (C=O) groups is 2. The van der Waals surface area contributed by atoms with Gasteiger partial charge in [-0.25, -0.2) is 4.79 Å². The van der Waals surface area contributed by atoms with Crippen LogP contribution in [0.2, 0.25) is 0 Å². The third-order valence-corrected chi connectivity index (χ3v) is 6.27. The molecule has 9 heteroatoms. The number of ether oxygens (including phenoxy) is 3. The minimum absolute atomic E-state index is 0.392. The van der Waals surface area contributed by atoms with Crippen LogP contribution < -0.4 is 14.8 Å². The molecule has 8 nitrogen and oxygen atoms in total. The zero-order chi connectivity index (χ0) is 22.8. The van der Waals surface area contributed by atoms with Crippen molar-refractivity contribution in [2.75, 3.05) is 25.1 Å². The number of aryl methyl sites for hydroxylation is 1. The number of esters is 1. The zero-order valence-corrected chi connectivity index (χ0v) is 18.7. The van der Waals surface area contributed by atoms with E-state index in [-0.39, 0.29) is 0 Å². The Labute approximate surface area is 193 Å². The molecule has 0 unspecified atom stereocenters. The van der Waals surface area contributed by atoms with Crippen molar-refractivity contribution in [3.05, 3.63) is 70.7 Å². The predicted octanol–water partition coefficient (Wildman–Crippen LogP) is 4.02. The first kappa shape index (κ1) is 21.0. The maximum absolute atomic E-state index is 12.6. The second-order valence-electron chi connectivity index (χ2n) is 7.54. The SMILES string of the molecule is Cc1nn(Cc2ccccc2)c2sc(C(=O)OCC(=O)Nc3ccc4c(c3)OCCO4)cc12.